The number of nitrogens with zero attached hydrogens (tertiary/aromatic N) is 1. The van der Waals surface area contributed by atoms with Crippen molar-refractivity contribution in [1.29, 1.82) is 0 Å². The van der Waals surface area contributed by atoms with E-state index in [9.17, 15) is 4.79 Å². The summed E-state index contributed by atoms with van der Waals surface area (Å²) in [5, 5.41) is 4.01. The first kappa shape index (κ1) is 17.7. The molecule has 0 saturated carbocycles. The van der Waals surface area contributed by atoms with Gasteiger partial charge in [-0.05, 0) is 47.7 Å². The fourth-order valence-corrected chi connectivity index (χ4v) is 2.17. The van der Waals surface area contributed by atoms with Crippen molar-refractivity contribution >= 4 is 12.1 Å². The zero-order valence-corrected chi connectivity index (χ0v) is 14.7. The van der Waals surface area contributed by atoms with Gasteiger partial charge in [-0.3, -0.25) is 4.79 Å². The molecule has 0 spiro atoms. The highest BCUT2D eigenvalue weighted by molar-refractivity contribution is 5.95. The van der Waals surface area contributed by atoms with Crippen LogP contribution in [0.5, 0.6) is 5.75 Å². The molecule has 0 saturated heterocycles. The van der Waals surface area contributed by atoms with Crippen LogP contribution in [0.1, 0.15) is 49.2 Å². The Morgan fingerprint density at radius 2 is 1.71 bits per heavy atom. The van der Waals surface area contributed by atoms with Gasteiger partial charge < -0.3 is 4.74 Å². The van der Waals surface area contributed by atoms with E-state index in [-0.39, 0.29) is 11.3 Å². The van der Waals surface area contributed by atoms with Crippen molar-refractivity contribution in [1.82, 2.24) is 5.43 Å². The van der Waals surface area contributed by atoms with E-state index in [0.29, 0.717) is 12.2 Å². The molecule has 1 N–H and O–H groups in total. The van der Waals surface area contributed by atoms with Crippen LogP contribution >= 0.6 is 0 Å². The van der Waals surface area contributed by atoms with Crippen LogP contribution in [0.2, 0.25) is 0 Å². The van der Waals surface area contributed by atoms with Gasteiger partial charge in [-0.25, -0.2) is 5.43 Å². The Kier molecular flexibility index (Phi) is 5.74. The summed E-state index contributed by atoms with van der Waals surface area (Å²) in [4.78, 5) is 12.0. The van der Waals surface area contributed by atoms with Crippen molar-refractivity contribution in [3.8, 4) is 5.75 Å². The van der Waals surface area contributed by atoms with E-state index >= 15 is 0 Å². The lowest BCUT2D eigenvalue weighted by atomic mass is 9.87. The van der Waals surface area contributed by atoms with Gasteiger partial charge in [0.05, 0.1) is 12.8 Å². The van der Waals surface area contributed by atoms with Crippen LogP contribution in [-0.2, 0) is 5.41 Å². The number of hydrogen-bond acceptors (Lipinski definition) is 3. The van der Waals surface area contributed by atoms with Crippen LogP contribution in [0.3, 0.4) is 0 Å². The first-order valence-corrected chi connectivity index (χ1v) is 8.07. The average Bonchev–Trinajstić information content (AvgIpc) is 2.55. The zero-order valence-electron chi connectivity index (χ0n) is 14.7. The third-order valence-corrected chi connectivity index (χ3v) is 3.58. The molecule has 0 heterocycles. The highest BCUT2D eigenvalue weighted by atomic mass is 16.5. The van der Waals surface area contributed by atoms with Crippen LogP contribution in [0.25, 0.3) is 0 Å². The van der Waals surface area contributed by atoms with Gasteiger partial charge in [0.25, 0.3) is 5.91 Å². The van der Waals surface area contributed by atoms with Crippen LogP contribution in [0.4, 0.5) is 0 Å². The molecule has 0 unspecified atom stereocenters. The van der Waals surface area contributed by atoms with E-state index < -0.39 is 0 Å². The monoisotopic (exact) mass is 324 g/mol. The maximum Gasteiger partial charge on any atom is 0.271 e. The van der Waals surface area contributed by atoms with Gasteiger partial charge in [-0.2, -0.15) is 5.10 Å². The van der Waals surface area contributed by atoms with Crippen LogP contribution in [-0.4, -0.2) is 18.7 Å². The molecule has 1 amide bonds. The van der Waals surface area contributed by atoms with E-state index in [1.807, 2.05) is 19.1 Å². The average molecular weight is 324 g/mol. The maximum absolute atomic E-state index is 12.0. The van der Waals surface area contributed by atoms with Gasteiger partial charge in [-0.15, -0.1) is 0 Å². The number of nitrogens with one attached hydrogen (secondary N) is 1. The number of rotatable bonds is 5. The summed E-state index contributed by atoms with van der Waals surface area (Å²) in [7, 11) is 0. The predicted molar refractivity (Wildman–Crippen MR) is 97.8 cm³/mol. The van der Waals surface area contributed by atoms with Gasteiger partial charge in [0.2, 0.25) is 0 Å². The van der Waals surface area contributed by atoms with Crippen LogP contribution in [0.15, 0.2) is 53.6 Å². The lowest BCUT2D eigenvalue weighted by Gasteiger charge is -2.18. The number of carbonyl (C=O) groups is 1. The molecule has 0 aliphatic rings. The number of carbonyl (C=O) groups excluding carboxylic acids is 1. The molecular formula is C20H24N2O2. The summed E-state index contributed by atoms with van der Waals surface area (Å²) in [5.74, 6) is 0.497. The Morgan fingerprint density at radius 1 is 1.08 bits per heavy atom. The third-order valence-electron chi connectivity index (χ3n) is 3.58. The summed E-state index contributed by atoms with van der Waals surface area (Å²) < 4.78 is 5.35. The quantitative estimate of drug-likeness (QED) is 0.663. The molecular weight excluding hydrogens is 300 g/mol. The summed E-state index contributed by atoms with van der Waals surface area (Å²) in [6, 6.07) is 15.1. The van der Waals surface area contributed by atoms with Crippen molar-refractivity contribution in [2.24, 2.45) is 5.10 Å². The predicted octanol–water partition coefficient (Wildman–Crippen LogP) is 4.15. The van der Waals surface area contributed by atoms with E-state index in [0.717, 1.165) is 11.3 Å². The van der Waals surface area contributed by atoms with Gasteiger partial charge in [-0.1, -0.05) is 45.0 Å². The first-order valence-electron chi connectivity index (χ1n) is 8.07. The molecule has 0 bridgehead atoms. The van der Waals surface area contributed by atoms with E-state index in [1.165, 1.54) is 5.56 Å². The maximum atomic E-state index is 12.0. The minimum atomic E-state index is -0.249. The van der Waals surface area contributed by atoms with Crippen LogP contribution < -0.4 is 10.2 Å². The fraction of sp³-hybridized carbons (Fsp3) is 0.300. The molecule has 2 rings (SSSR count). The Hall–Kier alpha value is -2.62. The highest BCUT2D eigenvalue weighted by Gasteiger charge is 2.12. The number of amides is 1. The number of hydrogen-bond donors (Lipinski definition) is 1. The topological polar surface area (TPSA) is 50.7 Å². The van der Waals surface area contributed by atoms with Gasteiger partial charge in [0.1, 0.15) is 5.75 Å². The molecule has 2 aromatic rings. The molecule has 2 aromatic carbocycles. The van der Waals surface area contributed by atoms with E-state index in [1.54, 1.807) is 30.5 Å². The normalized spacial score (nSPS) is 11.5. The van der Waals surface area contributed by atoms with Crippen molar-refractivity contribution < 1.29 is 9.53 Å². The lowest BCUT2D eigenvalue weighted by Crippen LogP contribution is -2.17. The molecule has 126 valence electrons. The summed E-state index contributed by atoms with van der Waals surface area (Å²) in [6.45, 7) is 9.04. The second-order valence-corrected chi connectivity index (χ2v) is 6.53. The number of ether oxygens (including phenoxy) is 1. The molecule has 4 heteroatoms. The lowest BCUT2D eigenvalue weighted by molar-refractivity contribution is 0.0955. The molecule has 0 fully saturated rings. The van der Waals surface area contributed by atoms with Crippen molar-refractivity contribution in [2.45, 2.75) is 33.1 Å². The second kappa shape index (κ2) is 7.77. The molecule has 4 nitrogen and oxygen atoms in total. The Labute approximate surface area is 143 Å². The minimum Gasteiger partial charge on any atom is -0.494 e. The summed E-state index contributed by atoms with van der Waals surface area (Å²) >= 11 is 0. The van der Waals surface area contributed by atoms with Crippen molar-refractivity contribution in [3.05, 3.63) is 65.2 Å². The van der Waals surface area contributed by atoms with Crippen LogP contribution in [0, 0.1) is 0 Å². The van der Waals surface area contributed by atoms with Crippen molar-refractivity contribution in [2.75, 3.05) is 6.61 Å². The van der Waals surface area contributed by atoms with Crippen molar-refractivity contribution in [3.63, 3.8) is 0 Å². The molecule has 0 aromatic heterocycles. The Bertz CT molecular complexity index is 696. The Morgan fingerprint density at radius 3 is 2.25 bits per heavy atom. The van der Waals surface area contributed by atoms with E-state index in [2.05, 4.69) is 43.4 Å². The standard InChI is InChI=1S/C20H24N2O2/c1-5-24-18-12-8-16(9-13-18)19(23)22-21-14-15-6-10-17(11-7-15)20(2,3)4/h6-14H,5H2,1-4H3,(H,22,23). The number of benzene rings is 2. The van der Waals surface area contributed by atoms with E-state index in [4.69, 9.17) is 4.74 Å². The molecule has 24 heavy (non-hydrogen) atoms. The molecule has 0 radical (unpaired) electrons. The minimum absolute atomic E-state index is 0.123. The first-order chi connectivity index (χ1) is 11.4. The van der Waals surface area contributed by atoms with Gasteiger partial charge >= 0.3 is 0 Å². The highest BCUT2D eigenvalue weighted by Crippen LogP contribution is 2.21. The second-order valence-electron chi connectivity index (χ2n) is 6.53. The Balaban J connectivity index is 1.94. The summed E-state index contributed by atoms with van der Waals surface area (Å²) in [5.41, 5.74) is 5.40. The summed E-state index contributed by atoms with van der Waals surface area (Å²) in [6.07, 6.45) is 1.64. The van der Waals surface area contributed by atoms with Gasteiger partial charge in [0.15, 0.2) is 0 Å². The largest absolute Gasteiger partial charge is 0.494 e. The third kappa shape index (κ3) is 4.95. The molecule has 0 aliphatic heterocycles. The molecule has 0 aliphatic carbocycles. The smallest absolute Gasteiger partial charge is 0.271 e. The SMILES string of the molecule is CCOc1ccc(C(=O)NN=Cc2ccc(C(C)(C)C)cc2)cc1. The fourth-order valence-electron chi connectivity index (χ4n) is 2.17. The molecule has 0 atom stereocenters. The number of hydrazone groups is 1. The van der Waals surface area contributed by atoms with Gasteiger partial charge in [0, 0.05) is 5.56 Å². The zero-order chi connectivity index (χ0) is 17.6.